The van der Waals surface area contributed by atoms with Crippen molar-refractivity contribution in [2.75, 3.05) is 20.6 Å². The molecule has 1 aromatic heterocycles. The van der Waals surface area contributed by atoms with Crippen LogP contribution < -0.4 is 5.32 Å². The van der Waals surface area contributed by atoms with Gasteiger partial charge in [-0.1, -0.05) is 30.0 Å². The predicted molar refractivity (Wildman–Crippen MR) is 137 cm³/mol. The van der Waals surface area contributed by atoms with Crippen LogP contribution in [0, 0.1) is 17.7 Å². The van der Waals surface area contributed by atoms with Gasteiger partial charge in [-0.2, -0.15) is 0 Å². The molecule has 0 unspecified atom stereocenters. The maximum Gasteiger partial charge on any atom is 0.410 e. The number of rotatable bonds is 6. The maximum atomic E-state index is 14.8. The number of ether oxygens (including phenoxy) is 1. The molecular weight excluding hydrogens is 481 g/mol. The molecule has 0 aliphatic heterocycles. The number of halogens is 1. The van der Waals surface area contributed by atoms with E-state index in [2.05, 4.69) is 17.2 Å². The molecule has 0 spiro atoms. The van der Waals surface area contributed by atoms with Crippen LogP contribution in [0.3, 0.4) is 0 Å². The summed E-state index contributed by atoms with van der Waals surface area (Å²) in [7, 11) is -0.801. The standard InChI is InChI=1S/C27H30FN3O4S/c1-27(2,3)35-26(32)30(5)18-21-17-25(23-13-6-7-14-24(23)28)31(19-21)36(33,34)22-12-8-10-20(16-22)11-9-15-29-4/h6-8,10,12-14,16-17,19,29H,15,18H2,1-5H3. The fourth-order valence-corrected chi connectivity index (χ4v) is 4.85. The lowest BCUT2D eigenvalue weighted by Crippen LogP contribution is -2.33. The second-order valence-electron chi connectivity index (χ2n) is 9.21. The molecular formula is C27H30FN3O4S. The van der Waals surface area contributed by atoms with Gasteiger partial charge in [0.05, 0.1) is 23.7 Å². The molecule has 9 heteroatoms. The predicted octanol–water partition coefficient (Wildman–Crippen LogP) is 4.47. The van der Waals surface area contributed by atoms with E-state index >= 15 is 0 Å². The number of benzene rings is 2. The molecule has 3 aromatic rings. The molecule has 0 aliphatic rings. The number of nitrogens with zero attached hydrogens (tertiary/aromatic N) is 2. The maximum absolute atomic E-state index is 14.8. The highest BCUT2D eigenvalue weighted by Gasteiger charge is 2.25. The van der Waals surface area contributed by atoms with Gasteiger partial charge in [-0.25, -0.2) is 21.6 Å². The second kappa shape index (κ2) is 11.0. The number of aromatic nitrogens is 1. The number of carbonyl (C=O) groups is 1. The van der Waals surface area contributed by atoms with Gasteiger partial charge in [-0.05, 0) is 69.8 Å². The zero-order chi connectivity index (χ0) is 26.5. The van der Waals surface area contributed by atoms with Crippen molar-refractivity contribution in [3.8, 4) is 23.1 Å². The third-order valence-electron chi connectivity index (χ3n) is 5.01. The number of amides is 1. The van der Waals surface area contributed by atoms with Gasteiger partial charge in [0.2, 0.25) is 0 Å². The van der Waals surface area contributed by atoms with E-state index in [-0.39, 0.29) is 22.7 Å². The molecule has 0 aliphatic carbocycles. The summed E-state index contributed by atoms with van der Waals surface area (Å²) >= 11 is 0. The van der Waals surface area contributed by atoms with E-state index in [0.29, 0.717) is 17.7 Å². The third kappa shape index (κ3) is 6.53. The fourth-order valence-electron chi connectivity index (χ4n) is 3.41. The molecule has 0 fully saturated rings. The number of hydrogen-bond donors (Lipinski definition) is 1. The minimum Gasteiger partial charge on any atom is -0.444 e. The Hall–Kier alpha value is -3.61. The van der Waals surface area contributed by atoms with Crippen LogP contribution >= 0.6 is 0 Å². The van der Waals surface area contributed by atoms with Gasteiger partial charge in [0, 0.05) is 24.4 Å². The van der Waals surface area contributed by atoms with Crippen molar-refractivity contribution in [1.82, 2.24) is 14.2 Å². The molecule has 1 N–H and O–H groups in total. The van der Waals surface area contributed by atoms with Crippen LogP contribution in [0.2, 0.25) is 0 Å². The molecule has 2 aromatic carbocycles. The topological polar surface area (TPSA) is 80.6 Å². The van der Waals surface area contributed by atoms with Gasteiger partial charge in [0.25, 0.3) is 10.0 Å². The number of carbonyl (C=O) groups excluding carboxylic acids is 1. The Morgan fingerprint density at radius 2 is 1.86 bits per heavy atom. The van der Waals surface area contributed by atoms with Crippen molar-refractivity contribution in [3.63, 3.8) is 0 Å². The third-order valence-corrected chi connectivity index (χ3v) is 6.68. The highest BCUT2D eigenvalue weighted by Crippen LogP contribution is 2.30. The van der Waals surface area contributed by atoms with Gasteiger partial charge in [-0.15, -0.1) is 0 Å². The molecule has 0 atom stereocenters. The van der Waals surface area contributed by atoms with E-state index < -0.39 is 27.5 Å². The number of nitrogens with one attached hydrogen (secondary N) is 1. The summed E-state index contributed by atoms with van der Waals surface area (Å²) in [5.74, 6) is 5.26. The van der Waals surface area contributed by atoms with Crippen molar-refractivity contribution < 1.29 is 22.3 Å². The average Bonchev–Trinajstić information content (AvgIpc) is 3.23. The Kier molecular flexibility index (Phi) is 8.23. The van der Waals surface area contributed by atoms with Gasteiger partial charge >= 0.3 is 6.09 Å². The molecule has 0 saturated carbocycles. The van der Waals surface area contributed by atoms with E-state index in [0.717, 1.165) is 3.97 Å². The van der Waals surface area contributed by atoms with E-state index in [1.807, 2.05) is 0 Å². The first kappa shape index (κ1) is 27.0. The Labute approximate surface area is 211 Å². The highest BCUT2D eigenvalue weighted by molar-refractivity contribution is 7.90. The summed E-state index contributed by atoms with van der Waals surface area (Å²) in [5, 5.41) is 2.91. The van der Waals surface area contributed by atoms with E-state index in [9.17, 15) is 17.6 Å². The summed E-state index contributed by atoms with van der Waals surface area (Å²) < 4.78 is 48.6. The normalized spacial score (nSPS) is 11.5. The van der Waals surface area contributed by atoms with Crippen molar-refractivity contribution >= 4 is 16.1 Å². The Balaban J connectivity index is 2.07. The zero-order valence-corrected chi connectivity index (χ0v) is 21.8. The molecule has 0 bridgehead atoms. The second-order valence-corrected chi connectivity index (χ2v) is 11.0. The first-order valence-electron chi connectivity index (χ1n) is 11.3. The summed E-state index contributed by atoms with van der Waals surface area (Å²) in [6, 6.07) is 13.8. The summed E-state index contributed by atoms with van der Waals surface area (Å²) in [5.41, 5.74) is 0.621. The Bertz CT molecular complexity index is 1410. The molecule has 0 saturated heterocycles. The zero-order valence-electron chi connectivity index (χ0n) is 21.0. The van der Waals surface area contributed by atoms with Crippen molar-refractivity contribution in [1.29, 1.82) is 0 Å². The van der Waals surface area contributed by atoms with E-state index in [4.69, 9.17) is 4.74 Å². The lowest BCUT2D eigenvalue weighted by atomic mass is 10.1. The van der Waals surface area contributed by atoms with Crippen LogP contribution in [-0.2, 0) is 21.3 Å². The lowest BCUT2D eigenvalue weighted by molar-refractivity contribution is 0.0285. The van der Waals surface area contributed by atoms with E-state index in [1.54, 1.807) is 59.1 Å². The van der Waals surface area contributed by atoms with E-state index in [1.165, 1.54) is 41.4 Å². The van der Waals surface area contributed by atoms with Crippen LogP contribution in [0.15, 0.2) is 65.7 Å². The van der Waals surface area contributed by atoms with Crippen LogP contribution in [-0.4, -0.2) is 49.6 Å². The SMILES string of the molecule is CNCC#Cc1cccc(S(=O)(=O)n2cc(CN(C)C(=O)OC(C)(C)C)cc2-c2ccccc2F)c1. The molecule has 190 valence electrons. The van der Waals surface area contributed by atoms with Crippen LogP contribution in [0.5, 0.6) is 0 Å². The van der Waals surface area contributed by atoms with Gasteiger partial charge in [-0.3, -0.25) is 0 Å². The molecule has 0 radical (unpaired) electrons. The van der Waals surface area contributed by atoms with Crippen LogP contribution in [0.25, 0.3) is 11.3 Å². The molecule has 3 rings (SSSR count). The minimum absolute atomic E-state index is 0.0130. The van der Waals surface area contributed by atoms with Crippen LogP contribution in [0.4, 0.5) is 9.18 Å². The molecule has 7 nitrogen and oxygen atoms in total. The van der Waals surface area contributed by atoms with Crippen molar-refractivity contribution in [2.45, 2.75) is 37.8 Å². The lowest BCUT2D eigenvalue weighted by Gasteiger charge is -2.24. The highest BCUT2D eigenvalue weighted by atomic mass is 32.2. The monoisotopic (exact) mass is 511 g/mol. The van der Waals surface area contributed by atoms with Gasteiger partial charge < -0.3 is 15.0 Å². The summed E-state index contributed by atoms with van der Waals surface area (Å²) in [6.45, 7) is 5.80. The molecule has 1 amide bonds. The van der Waals surface area contributed by atoms with Crippen LogP contribution in [0.1, 0.15) is 31.9 Å². The first-order valence-corrected chi connectivity index (χ1v) is 12.8. The van der Waals surface area contributed by atoms with Crippen molar-refractivity contribution in [2.24, 2.45) is 0 Å². The van der Waals surface area contributed by atoms with Crippen molar-refractivity contribution in [3.05, 3.63) is 77.7 Å². The molecule has 36 heavy (non-hydrogen) atoms. The summed E-state index contributed by atoms with van der Waals surface area (Å²) in [4.78, 5) is 13.8. The summed E-state index contributed by atoms with van der Waals surface area (Å²) in [6.07, 6.45) is 0.843. The first-order chi connectivity index (χ1) is 16.9. The number of hydrogen-bond acceptors (Lipinski definition) is 5. The Morgan fingerprint density at radius 3 is 2.53 bits per heavy atom. The average molecular weight is 512 g/mol. The van der Waals surface area contributed by atoms with Gasteiger partial charge in [0.15, 0.2) is 0 Å². The minimum atomic E-state index is -4.12. The largest absolute Gasteiger partial charge is 0.444 e. The van der Waals surface area contributed by atoms with Gasteiger partial charge in [0.1, 0.15) is 11.4 Å². The quantitative estimate of drug-likeness (QED) is 0.494. The Morgan fingerprint density at radius 1 is 1.14 bits per heavy atom. The smallest absolute Gasteiger partial charge is 0.410 e. The molecule has 1 heterocycles. The fraction of sp³-hybridized carbons (Fsp3) is 0.296.